The summed E-state index contributed by atoms with van der Waals surface area (Å²) >= 11 is 0. The number of esters is 1. The highest BCUT2D eigenvalue weighted by atomic mass is 32.2. The number of pyridine rings is 1. The van der Waals surface area contributed by atoms with Gasteiger partial charge in [0.2, 0.25) is 0 Å². The average Bonchev–Trinajstić information content (AvgIpc) is 2.34. The third-order valence-corrected chi connectivity index (χ3v) is 2.45. The van der Waals surface area contributed by atoms with Crippen molar-refractivity contribution in [3.8, 4) is 5.75 Å². The van der Waals surface area contributed by atoms with Crippen LogP contribution in [0.1, 0.15) is 16.2 Å². The molecule has 0 aliphatic rings. The van der Waals surface area contributed by atoms with E-state index in [2.05, 4.69) is 13.9 Å². The van der Waals surface area contributed by atoms with Gasteiger partial charge < -0.3 is 9.47 Å². The van der Waals surface area contributed by atoms with Crippen LogP contribution in [0.4, 0.5) is 0 Å². The first kappa shape index (κ1) is 14.4. The Morgan fingerprint density at radius 2 is 2.00 bits per heavy atom. The first-order chi connectivity index (χ1) is 8.35. The predicted octanol–water partition coefficient (Wildman–Crippen LogP) is 0.353. The Balaban J connectivity index is 3.01. The van der Waals surface area contributed by atoms with Gasteiger partial charge >= 0.3 is 5.97 Å². The van der Waals surface area contributed by atoms with Crippen molar-refractivity contribution in [2.45, 2.75) is 6.61 Å². The summed E-state index contributed by atoms with van der Waals surface area (Å²) in [5.41, 5.74) is 0.268. The molecule has 0 saturated heterocycles. The normalized spacial score (nSPS) is 11.1. The van der Waals surface area contributed by atoms with Gasteiger partial charge in [-0.1, -0.05) is 0 Å². The largest absolute Gasteiger partial charge is 0.497 e. The van der Waals surface area contributed by atoms with Gasteiger partial charge in [-0.05, 0) is 0 Å². The van der Waals surface area contributed by atoms with Crippen LogP contribution in [-0.2, 0) is 25.6 Å². The van der Waals surface area contributed by atoms with Crippen molar-refractivity contribution >= 4 is 16.1 Å². The van der Waals surface area contributed by atoms with E-state index in [0.717, 1.165) is 6.26 Å². The molecule has 0 amide bonds. The van der Waals surface area contributed by atoms with Gasteiger partial charge in [0.1, 0.15) is 12.4 Å². The van der Waals surface area contributed by atoms with Crippen molar-refractivity contribution in [2.75, 3.05) is 20.5 Å². The molecule has 0 aliphatic heterocycles. The van der Waals surface area contributed by atoms with E-state index in [0.29, 0.717) is 5.75 Å². The van der Waals surface area contributed by atoms with Crippen molar-refractivity contribution in [3.05, 3.63) is 23.5 Å². The molecule has 0 spiro atoms. The Bertz CT molecular complexity index is 539. The lowest BCUT2D eigenvalue weighted by atomic mass is 10.3. The lowest BCUT2D eigenvalue weighted by Gasteiger charge is -2.07. The molecular formula is C10H13NO6S. The number of methoxy groups -OCH3 is 2. The quantitative estimate of drug-likeness (QED) is 0.565. The van der Waals surface area contributed by atoms with Crippen molar-refractivity contribution in [1.82, 2.24) is 4.98 Å². The van der Waals surface area contributed by atoms with Gasteiger partial charge in [-0.15, -0.1) is 0 Å². The molecule has 0 saturated carbocycles. The number of hydrogen-bond acceptors (Lipinski definition) is 7. The monoisotopic (exact) mass is 275 g/mol. The number of carbonyl (C=O) groups is 1. The van der Waals surface area contributed by atoms with E-state index in [9.17, 15) is 13.2 Å². The second-order valence-electron chi connectivity index (χ2n) is 3.34. The zero-order valence-electron chi connectivity index (χ0n) is 10.2. The fraction of sp³-hybridized carbons (Fsp3) is 0.400. The SMILES string of the molecule is COC(=O)c1cc(OC)cc(COS(C)(=O)=O)n1. The summed E-state index contributed by atoms with van der Waals surface area (Å²) in [6.45, 7) is -0.278. The smallest absolute Gasteiger partial charge is 0.356 e. The van der Waals surface area contributed by atoms with E-state index in [1.807, 2.05) is 0 Å². The van der Waals surface area contributed by atoms with Crippen molar-refractivity contribution < 1.29 is 26.9 Å². The zero-order chi connectivity index (χ0) is 13.8. The minimum absolute atomic E-state index is 0.0175. The molecule has 100 valence electrons. The first-order valence-electron chi connectivity index (χ1n) is 4.83. The summed E-state index contributed by atoms with van der Waals surface area (Å²) in [4.78, 5) is 15.2. The molecule has 8 heteroatoms. The molecule has 1 rings (SSSR count). The highest BCUT2D eigenvalue weighted by molar-refractivity contribution is 7.85. The Labute approximate surface area is 105 Å². The Hall–Kier alpha value is -1.67. The Morgan fingerprint density at radius 3 is 2.50 bits per heavy atom. The molecule has 0 radical (unpaired) electrons. The number of aromatic nitrogens is 1. The van der Waals surface area contributed by atoms with Crippen LogP contribution in [0.25, 0.3) is 0 Å². The van der Waals surface area contributed by atoms with Crippen LogP contribution in [0.5, 0.6) is 5.75 Å². The molecule has 0 aromatic carbocycles. The summed E-state index contributed by atoms with van der Waals surface area (Å²) in [5.74, 6) is -0.285. The fourth-order valence-electron chi connectivity index (χ4n) is 1.13. The number of nitrogens with zero attached hydrogens (tertiary/aromatic N) is 1. The van der Waals surface area contributed by atoms with Crippen molar-refractivity contribution in [3.63, 3.8) is 0 Å². The third kappa shape index (κ3) is 4.30. The van der Waals surface area contributed by atoms with Crippen LogP contribution in [0, 0.1) is 0 Å². The third-order valence-electron chi connectivity index (χ3n) is 1.90. The van der Waals surface area contributed by atoms with Gasteiger partial charge in [0.25, 0.3) is 10.1 Å². The number of hydrogen-bond donors (Lipinski definition) is 0. The maximum absolute atomic E-state index is 11.3. The first-order valence-corrected chi connectivity index (χ1v) is 6.65. The molecule has 1 aromatic heterocycles. The van der Waals surface area contributed by atoms with Gasteiger partial charge in [0.15, 0.2) is 5.69 Å². The predicted molar refractivity (Wildman–Crippen MR) is 61.8 cm³/mol. The second-order valence-corrected chi connectivity index (χ2v) is 4.99. The molecule has 0 atom stereocenters. The number of carbonyl (C=O) groups excluding carboxylic acids is 1. The number of ether oxygens (including phenoxy) is 2. The van der Waals surface area contributed by atoms with Crippen LogP contribution in [-0.4, -0.2) is 39.8 Å². The average molecular weight is 275 g/mol. The molecule has 0 fully saturated rings. The molecule has 7 nitrogen and oxygen atoms in total. The van der Waals surface area contributed by atoms with Crippen LogP contribution in [0.15, 0.2) is 12.1 Å². The van der Waals surface area contributed by atoms with Gasteiger partial charge in [0.05, 0.1) is 26.2 Å². The molecule has 0 aliphatic carbocycles. The highest BCUT2D eigenvalue weighted by Gasteiger charge is 2.12. The van der Waals surface area contributed by atoms with Crippen LogP contribution >= 0.6 is 0 Å². The van der Waals surface area contributed by atoms with Gasteiger partial charge in [-0.25, -0.2) is 9.78 Å². The van der Waals surface area contributed by atoms with E-state index >= 15 is 0 Å². The minimum atomic E-state index is -3.58. The van der Waals surface area contributed by atoms with Crippen molar-refractivity contribution in [2.24, 2.45) is 0 Å². The molecule has 0 unspecified atom stereocenters. The van der Waals surface area contributed by atoms with Gasteiger partial charge in [-0.3, -0.25) is 4.18 Å². The Morgan fingerprint density at radius 1 is 1.33 bits per heavy atom. The van der Waals surface area contributed by atoms with Crippen molar-refractivity contribution in [1.29, 1.82) is 0 Å². The summed E-state index contributed by atoms with van der Waals surface area (Å²) < 4.78 is 35.8. The maximum Gasteiger partial charge on any atom is 0.356 e. The van der Waals surface area contributed by atoms with E-state index in [4.69, 9.17) is 4.74 Å². The highest BCUT2D eigenvalue weighted by Crippen LogP contribution is 2.15. The fourth-order valence-corrected chi connectivity index (χ4v) is 1.46. The summed E-state index contributed by atoms with van der Waals surface area (Å²) in [7, 11) is -0.945. The molecule has 18 heavy (non-hydrogen) atoms. The number of rotatable bonds is 5. The second kappa shape index (κ2) is 5.78. The summed E-state index contributed by atoms with van der Waals surface area (Å²) in [6.07, 6.45) is 0.925. The molecule has 1 heterocycles. The molecule has 0 bridgehead atoms. The molecule has 1 aromatic rings. The Kier molecular flexibility index (Phi) is 4.62. The zero-order valence-corrected chi connectivity index (χ0v) is 11.0. The lowest BCUT2D eigenvalue weighted by Crippen LogP contribution is -2.09. The summed E-state index contributed by atoms with van der Waals surface area (Å²) in [6, 6.07) is 2.85. The van der Waals surface area contributed by atoms with Crippen LogP contribution in [0.3, 0.4) is 0 Å². The van der Waals surface area contributed by atoms with E-state index in [-0.39, 0.29) is 18.0 Å². The van der Waals surface area contributed by atoms with Gasteiger partial charge in [-0.2, -0.15) is 8.42 Å². The van der Waals surface area contributed by atoms with Crippen LogP contribution in [0.2, 0.25) is 0 Å². The standard InChI is InChI=1S/C10H13NO6S/c1-15-8-4-7(6-17-18(3,13)14)11-9(5-8)10(12)16-2/h4-5H,6H2,1-3H3. The van der Waals surface area contributed by atoms with E-state index in [1.165, 1.54) is 26.4 Å². The van der Waals surface area contributed by atoms with Crippen LogP contribution < -0.4 is 4.74 Å². The maximum atomic E-state index is 11.3. The van der Waals surface area contributed by atoms with E-state index < -0.39 is 16.1 Å². The summed E-state index contributed by atoms with van der Waals surface area (Å²) in [5, 5.41) is 0. The minimum Gasteiger partial charge on any atom is -0.497 e. The topological polar surface area (TPSA) is 91.8 Å². The molecule has 0 N–H and O–H groups in total. The van der Waals surface area contributed by atoms with E-state index in [1.54, 1.807) is 0 Å². The lowest BCUT2D eigenvalue weighted by molar-refractivity contribution is 0.0593. The molecular weight excluding hydrogens is 262 g/mol. The van der Waals surface area contributed by atoms with Gasteiger partial charge in [0, 0.05) is 12.1 Å².